The first kappa shape index (κ1) is 28.5. The Hall–Kier alpha value is -4.47. The van der Waals surface area contributed by atoms with Crippen molar-refractivity contribution in [2.24, 2.45) is 0 Å². The Morgan fingerprint density at radius 3 is 1.82 bits per heavy atom. The first-order valence-electron chi connectivity index (χ1n) is 12.7. The number of benzene rings is 4. The van der Waals surface area contributed by atoms with Gasteiger partial charge >= 0.3 is 5.97 Å². The van der Waals surface area contributed by atoms with Crippen LogP contribution in [0.15, 0.2) is 120 Å². The Bertz CT molecular complexity index is 1500. The monoisotopic (exact) mass is 558 g/mol. The Labute approximate surface area is 233 Å². The van der Waals surface area contributed by atoms with Crippen LogP contribution >= 0.6 is 0 Å². The summed E-state index contributed by atoms with van der Waals surface area (Å²) < 4.78 is 34.2. The molecule has 0 unspecified atom stereocenters. The van der Waals surface area contributed by atoms with Gasteiger partial charge in [-0.3, -0.25) is 9.59 Å². The van der Waals surface area contributed by atoms with Gasteiger partial charge in [-0.15, -0.1) is 0 Å². The van der Waals surface area contributed by atoms with Crippen molar-refractivity contribution in [3.63, 3.8) is 0 Å². The molecule has 40 heavy (non-hydrogen) atoms. The second-order valence-corrected chi connectivity index (χ2v) is 10.9. The summed E-state index contributed by atoms with van der Waals surface area (Å²) in [5.41, 5.74) is 2.14. The fraction of sp³-hybridized carbons (Fsp3) is 0.161. The molecule has 0 saturated carbocycles. The van der Waals surface area contributed by atoms with E-state index in [9.17, 15) is 23.1 Å². The summed E-state index contributed by atoms with van der Waals surface area (Å²) in [6, 6.07) is 30.4. The normalized spacial score (nSPS) is 12.7. The predicted molar refractivity (Wildman–Crippen MR) is 151 cm³/mol. The van der Waals surface area contributed by atoms with Crippen LogP contribution in [0.5, 0.6) is 5.75 Å². The highest BCUT2D eigenvalue weighted by Gasteiger charge is 2.28. The van der Waals surface area contributed by atoms with Crippen LogP contribution in [-0.4, -0.2) is 44.1 Å². The number of phenols is 1. The van der Waals surface area contributed by atoms with Gasteiger partial charge in [0.25, 0.3) is 5.91 Å². The van der Waals surface area contributed by atoms with E-state index >= 15 is 0 Å². The first-order chi connectivity index (χ1) is 19.3. The fourth-order valence-electron chi connectivity index (χ4n) is 4.10. The number of hydrogen-bond acceptors (Lipinski definition) is 6. The minimum absolute atomic E-state index is 0.0523. The minimum atomic E-state index is -4.12. The third-order valence-corrected chi connectivity index (χ3v) is 7.62. The minimum Gasteiger partial charge on any atom is -0.508 e. The summed E-state index contributed by atoms with van der Waals surface area (Å²) in [6.07, 6.45) is 0.450. The molecule has 206 valence electrons. The molecule has 8 nitrogen and oxygen atoms in total. The average Bonchev–Trinajstić information content (AvgIpc) is 2.97. The van der Waals surface area contributed by atoms with Crippen molar-refractivity contribution >= 4 is 21.9 Å². The summed E-state index contributed by atoms with van der Waals surface area (Å²) >= 11 is 0. The van der Waals surface area contributed by atoms with Crippen LogP contribution in [0.4, 0.5) is 0 Å². The molecule has 4 aromatic rings. The second kappa shape index (κ2) is 13.5. The van der Waals surface area contributed by atoms with Crippen LogP contribution in [0.1, 0.15) is 21.5 Å². The van der Waals surface area contributed by atoms with Gasteiger partial charge in [-0.1, -0.05) is 78.9 Å². The quantitative estimate of drug-likeness (QED) is 0.227. The molecule has 0 aliphatic carbocycles. The number of aromatic hydroxyl groups is 1. The smallest absolute Gasteiger partial charge is 0.324 e. The molecule has 0 aliphatic heterocycles. The van der Waals surface area contributed by atoms with Gasteiger partial charge in [0.05, 0.1) is 10.9 Å². The lowest BCUT2D eigenvalue weighted by atomic mass is 10.1. The molecule has 0 heterocycles. The van der Waals surface area contributed by atoms with Crippen LogP contribution in [-0.2, 0) is 32.4 Å². The maximum absolute atomic E-state index is 13.3. The highest BCUT2D eigenvalue weighted by Crippen LogP contribution is 2.16. The number of amides is 1. The lowest BCUT2D eigenvalue weighted by Crippen LogP contribution is -2.46. The van der Waals surface area contributed by atoms with E-state index in [0.717, 1.165) is 11.1 Å². The second-order valence-electron chi connectivity index (χ2n) is 9.21. The van der Waals surface area contributed by atoms with Crippen LogP contribution in [0, 0.1) is 0 Å². The topological polar surface area (TPSA) is 122 Å². The zero-order valence-electron chi connectivity index (χ0n) is 21.6. The Morgan fingerprint density at radius 2 is 1.25 bits per heavy atom. The number of phenolic OH excluding ortho intramolecular Hbond substituents is 1. The predicted octanol–water partition coefficient (Wildman–Crippen LogP) is 3.87. The van der Waals surface area contributed by atoms with E-state index < -0.39 is 28.1 Å². The van der Waals surface area contributed by atoms with Crippen molar-refractivity contribution in [3.05, 3.63) is 132 Å². The molecule has 0 bridgehead atoms. The maximum atomic E-state index is 13.3. The lowest BCUT2D eigenvalue weighted by molar-refractivity contribution is -0.146. The number of esters is 1. The van der Waals surface area contributed by atoms with E-state index in [1.807, 2.05) is 42.5 Å². The highest BCUT2D eigenvalue weighted by atomic mass is 32.2. The highest BCUT2D eigenvalue weighted by molar-refractivity contribution is 7.89. The van der Waals surface area contributed by atoms with E-state index in [1.54, 1.807) is 48.5 Å². The maximum Gasteiger partial charge on any atom is 0.324 e. The molecular formula is C31H30N2O6S. The van der Waals surface area contributed by atoms with Crippen molar-refractivity contribution < 1.29 is 27.9 Å². The SMILES string of the molecule is O=C(N[C@@H](COC(=O)[C@H](Cc1ccccc1)NS(=O)(=O)c1ccc(O)cc1)Cc1ccccc1)c1ccccc1. The molecule has 0 aliphatic rings. The third kappa shape index (κ3) is 8.26. The van der Waals surface area contributed by atoms with E-state index in [-0.39, 0.29) is 29.6 Å². The van der Waals surface area contributed by atoms with Gasteiger partial charge in [-0.2, -0.15) is 4.72 Å². The van der Waals surface area contributed by atoms with Crippen molar-refractivity contribution in [1.29, 1.82) is 0 Å². The third-order valence-electron chi connectivity index (χ3n) is 6.13. The molecule has 4 aromatic carbocycles. The number of rotatable bonds is 12. The Kier molecular flexibility index (Phi) is 9.66. The first-order valence-corrected chi connectivity index (χ1v) is 14.2. The van der Waals surface area contributed by atoms with E-state index in [2.05, 4.69) is 10.0 Å². The summed E-state index contributed by atoms with van der Waals surface area (Å²) in [7, 11) is -4.12. The van der Waals surface area contributed by atoms with Crippen molar-refractivity contribution in [2.45, 2.75) is 29.8 Å². The molecule has 0 saturated heterocycles. The Balaban J connectivity index is 1.51. The summed E-state index contributed by atoms with van der Waals surface area (Å²) in [4.78, 5) is 26.1. The zero-order chi connectivity index (χ0) is 28.4. The van der Waals surface area contributed by atoms with Gasteiger partial charge < -0.3 is 15.2 Å². The van der Waals surface area contributed by atoms with Crippen LogP contribution in [0.2, 0.25) is 0 Å². The zero-order valence-corrected chi connectivity index (χ0v) is 22.5. The average molecular weight is 559 g/mol. The molecular weight excluding hydrogens is 528 g/mol. The van der Waals surface area contributed by atoms with Crippen molar-refractivity contribution in [1.82, 2.24) is 10.0 Å². The number of sulfonamides is 1. The number of carbonyl (C=O) groups is 2. The van der Waals surface area contributed by atoms with Gasteiger partial charge in [0.2, 0.25) is 10.0 Å². The number of ether oxygens (including phenoxy) is 1. The number of nitrogens with one attached hydrogen (secondary N) is 2. The summed E-state index contributed by atoms with van der Waals surface area (Å²) in [5, 5.41) is 12.5. The van der Waals surface area contributed by atoms with E-state index in [0.29, 0.717) is 12.0 Å². The van der Waals surface area contributed by atoms with Gasteiger partial charge in [-0.05, 0) is 60.4 Å². The lowest BCUT2D eigenvalue weighted by Gasteiger charge is -2.22. The molecule has 9 heteroatoms. The van der Waals surface area contributed by atoms with Crippen LogP contribution in [0.3, 0.4) is 0 Å². The number of carbonyl (C=O) groups excluding carboxylic acids is 2. The summed E-state index contributed by atoms with van der Waals surface area (Å²) in [5.74, 6) is -1.18. The standard InChI is InChI=1S/C31H30N2O6S/c34-27-16-18-28(19-17-27)40(37,38)33-29(21-24-12-6-2-7-13-24)31(36)39-22-26(20-23-10-4-1-5-11-23)32-30(35)25-14-8-3-9-15-25/h1-19,26,29,33-34H,20-22H2,(H,32,35)/t26-,29+/m1/s1. The molecule has 4 rings (SSSR count). The Morgan fingerprint density at radius 1 is 0.725 bits per heavy atom. The fourth-order valence-corrected chi connectivity index (χ4v) is 5.28. The van der Waals surface area contributed by atoms with E-state index in [4.69, 9.17) is 4.74 Å². The molecule has 0 spiro atoms. The number of hydrogen-bond donors (Lipinski definition) is 3. The molecule has 0 aromatic heterocycles. The van der Waals surface area contributed by atoms with Gasteiger partial charge in [0.1, 0.15) is 18.4 Å². The van der Waals surface area contributed by atoms with Crippen molar-refractivity contribution in [2.75, 3.05) is 6.61 Å². The van der Waals surface area contributed by atoms with Gasteiger partial charge in [0, 0.05) is 5.56 Å². The largest absolute Gasteiger partial charge is 0.508 e. The van der Waals surface area contributed by atoms with Gasteiger partial charge in [-0.25, -0.2) is 8.42 Å². The molecule has 0 radical (unpaired) electrons. The molecule has 0 fully saturated rings. The van der Waals surface area contributed by atoms with E-state index in [1.165, 1.54) is 24.3 Å². The molecule has 2 atom stereocenters. The van der Waals surface area contributed by atoms with Crippen LogP contribution in [0.25, 0.3) is 0 Å². The molecule has 3 N–H and O–H groups in total. The summed E-state index contributed by atoms with van der Waals surface area (Å²) in [6.45, 7) is -0.168. The molecule has 1 amide bonds. The van der Waals surface area contributed by atoms with Crippen LogP contribution < -0.4 is 10.0 Å². The van der Waals surface area contributed by atoms with Gasteiger partial charge in [0.15, 0.2) is 0 Å². The van der Waals surface area contributed by atoms with Crippen molar-refractivity contribution in [3.8, 4) is 5.75 Å².